The molecule has 3 atom stereocenters. The van der Waals surface area contributed by atoms with E-state index in [0.29, 0.717) is 25.7 Å². The lowest BCUT2D eigenvalue weighted by molar-refractivity contribution is 0.169. The van der Waals surface area contributed by atoms with Gasteiger partial charge in [0.1, 0.15) is 35.7 Å². The molecule has 2 heterocycles. The fourth-order valence-corrected chi connectivity index (χ4v) is 5.48. The summed E-state index contributed by atoms with van der Waals surface area (Å²) in [6.07, 6.45) is 1.49. The van der Waals surface area contributed by atoms with Gasteiger partial charge in [-0.05, 0) is 91.9 Å². The Labute approximate surface area is 231 Å². The van der Waals surface area contributed by atoms with Crippen LogP contribution in [0.1, 0.15) is 56.4 Å². The van der Waals surface area contributed by atoms with Crippen LogP contribution >= 0.6 is 0 Å². The zero-order valence-corrected chi connectivity index (χ0v) is 23.1. The summed E-state index contributed by atoms with van der Waals surface area (Å²) in [7, 11) is 0. The summed E-state index contributed by atoms with van der Waals surface area (Å²) in [5.74, 6) is 3.33. The summed E-state index contributed by atoms with van der Waals surface area (Å²) in [4.78, 5) is 2.50. The molecule has 2 aliphatic rings. The first-order valence-electron chi connectivity index (χ1n) is 13.9. The molecule has 3 aromatic carbocycles. The average Bonchev–Trinajstić information content (AvgIpc) is 3.38. The third-order valence-electron chi connectivity index (χ3n) is 7.75. The third-order valence-corrected chi connectivity index (χ3v) is 7.75. The summed E-state index contributed by atoms with van der Waals surface area (Å²) in [6, 6.07) is 21.7. The Morgan fingerprint density at radius 2 is 1.82 bits per heavy atom. The van der Waals surface area contributed by atoms with Crippen LogP contribution in [-0.4, -0.2) is 54.1 Å². The molecule has 2 N–H and O–H groups in total. The van der Waals surface area contributed by atoms with Gasteiger partial charge in [-0.2, -0.15) is 0 Å². The first-order chi connectivity index (χ1) is 18.9. The van der Waals surface area contributed by atoms with Crippen molar-refractivity contribution in [3.05, 3.63) is 83.4 Å². The van der Waals surface area contributed by atoms with Crippen LogP contribution in [0.4, 0.5) is 0 Å². The Morgan fingerprint density at radius 1 is 1.03 bits per heavy atom. The van der Waals surface area contributed by atoms with Crippen LogP contribution in [-0.2, 0) is 0 Å². The number of phenols is 1. The van der Waals surface area contributed by atoms with Gasteiger partial charge in [0.05, 0.1) is 6.61 Å². The maximum absolute atomic E-state index is 10.3. The van der Waals surface area contributed by atoms with Crippen LogP contribution in [0.5, 0.6) is 23.0 Å². The van der Waals surface area contributed by atoms with Crippen molar-refractivity contribution in [2.24, 2.45) is 5.92 Å². The lowest BCUT2D eigenvalue weighted by Gasteiger charge is -2.31. The number of hydrogen-bond donors (Lipinski definition) is 2. The van der Waals surface area contributed by atoms with Gasteiger partial charge in [0.15, 0.2) is 0 Å². The molecule has 0 aromatic heterocycles. The Kier molecular flexibility index (Phi) is 8.44. The van der Waals surface area contributed by atoms with E-state index in [9.17, 15) is 5.11 Å². The van der Waals surface area contributed by atoms with Gasteiger partial charge in [-0.1, -0.05) is 31.2 Å². The van der Waals surface area contributed by atoms with E-state index in [-0.39, 0.29) is 18.5 Å². The molecule has 0 bridgehead atoms. The van der Waals surface area contributed by atoms with Gasteiger partial charge in [0.2, 0.25) is 0 Å². The van der Waals surface area contributed by atoms with Crippen LogP contribution in [0.3, 0.4) is 0 Å². The number of aliphatic hydroxyl groups is 1. The lowest BCUT2D eigenvalue weighted by Crippen LogP contribution is -2.35. The van der Waals surface area contributed by atoms with Crippen molar-refractivity contribution < 1.29 is 24.4 Å². The number of allylic oxidation sites excluding steroid dienone is 1. The number of hydrogen-bond acceptors (Lipinski definition) is 6. The largest absolute Gasteiger partial charge is 0.508 e. The summed E-state index contributed by atoms with van der Waals surface area (Å²) in [6.45, 7) is 10.1. The maximum atomic E-state index is 10.3. The minimum Gasteiger partial charge on any atom is -0.508 e. The highest BCUT2D eigenvalue weighted by Crippen LogP contribution is 2.47. The van der Waals surface area contributed by atoms with E-state index in [2.05, 4.69) is 37.8 Å². The van der Waals surface area contributed by atoms with E-state index < -0.39 is 0 Å². The molecule has 0 amide bonds. The molecular weight excluding hydrogens is 490 g/mol. The second kappa shape index (κ2) is 12.1. The fourth-order valence-electron chi connectivity index (χ4n) is 5.48. The predicted molar refractivity (Wildman–Crippen MR) is 154 cm³/mol. The second-order valence-electron chi connectivity index (χ2n) is 10.8. The second-order valence-corrected chi connectivity index (χ2v) is 10.8. The number of rotatable bonds is 10. The van der Waals surface area contributed by atoms with E-state index in [1.54, 1.807) is 12.1 Å². The lowest BCUT2D eigenvalue weighted by atomic mass is 9.86. The van der Waals surface area contributed by atoms with E-state index in [0.717, 1.165) is 64.1 Å². The summed E-state index contributed by atoms with van der Waals surface area (Å²) in [5.41, 5.74) is 4.93. The molecule has 0 saturated carbocycles. The summed E-state index contributed by atoms with van der Waals surface area (Å²) in [5, 5.41) is 19.3. The Bertz CT molecular complexity index is 1300. The zero-order valence-electron chi connectivity index (χ0n) is 23.1. The van der Waals surface area contributed by atoms with E-state index >= 15 is 0 Å². The molecule has 0 aliphatic carbocycles. The fraction of sp³-hybridized carbons (Fsp3) is 0.394. The Balaban J connectivity index is 1.40. The van der Waals surface area contributed by atoms with Gasteiger partial charge >= 0.3 is 0 Å². The highest BCUT2D eigenvalue weighted by molar-refractivity contribution is 5.95. The quantitative estimate of drug-likeness (QED) is 0.299. The normalized spacial score (nSPS) is 19.9. The molecule has 2 aliphatic heterocycles. The number of phenolic OH excluding ortho intramolecular Hbond substituents is 1. The van der Waals surface area contributed by atoms with E-state index in [1.165, 1.54) is 6.42 Å². The number of aliphatic hydroxyl groups excluding tert-OH is 1. The van der Waals surface area contributed by atoms with Crippen molar-refractivity contribution in [1.82, 2.24) is 4.90 Å². The summed E-state index contributed by atoms with van der Waals surface area (Å²) >= 11 is 0. The van der Waals surface area contributed by atoms with E-state index in [4.69, 9.17) is 19.3 Å². The van der Waals surface area contributed by atoms with Crippen LogP contribution in [0, 0.1) is 5.92 Å². The average molecular weight is 530 g/mol. The summed E-state index contributed by atoms with van der Waals surface area (Å²) < 4.78 is 18.6. The Morgan fingerprint density at radius 3 is 2.54 bits per heavy atom. The monoisotopic (exact) mass is 529 g/mol. The van der Waals surface area contributed by atoms with Gasteiger partial charge in [-0.3, -0.25) is 4.90 Å². The first-order valence-corrected chi connectivity index (χ1v) is 13.9. The number of ether oxygens (including phenoxy) is 3. The van der Waals surface area contributed by atoms with Crippen LogP contribution in [0.2, 0.25) is 0 Å². The number of fused-ring (bicyclic) bond motifs is 1. The SMILES string of the molecule is CC1=C(c2cccc(O)c2)C(c2ccc(OCC(C)N3CCC(C)C3)cc2)Oc2ccc(OCCCO)cc21. The van der Waals surface area contributed by atoms with Crippen LogP contribution in [0.15, 0.2) is 66.7 Å². The molecule has 6 heteroatoms. The molecule has 1 fully saturated rings. The topological polar surface area (TPSA) is 71.4 Å². The van der Waals surface area contributed by atoms with Crippen molar-refractivity contribution >= 4 is 11.1 Å². The van der Waals surface area contributed by atoms with Crippen LogP contribution < -0.4 is 14.2 Å². The number of likely N-dealkylation sites (tertiary alicyclic amines) is 1. The molecule has 206 valence electrons. The highest BCUT2D eigenvalue weighted by Gasteiger charge is 2.30. The smallest absolute Gasteiger partial charge is 0.150 e. The molecular formula is C33H39NO5. The van der Waals surface area contributed by atoms with Crippen molar-refractivity contribution in [3.63, 3.8) is 0 Å². The maximum Gasteiger partial charge on any atom is 0.150 e. The zero-order chi connectivity index (χ0) is 27.4. The van der Waals surface area contributed by atoms with Gasteiger partial charge < -0.3 is 24.4 Å². The number of nitrogens with zero attached hydrogens (tertiary/aromatic N) is 1. The minimum absolute atomic E-state index is 0.0941. The third kappa shape index (κ3) is 6.23. The van der Waals surface area contributed by atoms with Gasteiger partial charge in [0.25, 0.3) is 0 Å². The molecule has 1 saturated heterocycles. The minimum atomic E-state index is -0.348. The van der Waals surface area contributed by atoms with Crippen molar-refractivity contribution in [1.29, 1.82) is 0 Å². The number of benzene rings is 3. The number of aromatic hydroxyl groups is 1. The van der Waals surface area contributed by atoms with Gasteiger partial charge in [-0.25, -0.2) is 0 Å². The van der Waals surface area contributed by atoms with Crippen LogP contribution in [0.25, 0.3) is 11.1 Å². The highest BCUT2D eigenvalue weighted by atomic mass is 16.5. The van der Waals surface area contributed by atoms with Gasteiger partial charge in [0, 0.05) is 36.8 Å². The van der Waals surface area contributed by atoms with E-state index in [1.807, 2.05) is 42.5 Å². The molecule has 3 aromatic rings. The molecule has 0 radical (unpaired) electrons. The van der Waals surface area contributed by atoms with Crippen molar-refractivity contribution in [3.8, 4) is 23.0 Å². The molecule has 5 rings (SSSR count). The predicted octanol–water partition coefficient (Wildman–Crippen LogP) is 6.33. The van der Waals surface area contributed by atoms with Gasteiger partial charge in [-0.15, -0.1) is 0 Å². The molecule has 39 heavy (non-hydrogen) atoms. The molecule has 3 unspecified atom stereocenters. The Hall–Kier alpha value is -3.48. The standard InChI is InChI=1S/C33H39NO5/c1-22-14-15-34(20-22)23(2)21-38-28-10-8-25(9-11-28)33-32(26-6-4-7-27(36)18-26)24(3)30-19-29(37-17-5-16-35)12-13-31(30)39-33/h4,6-13,18-19,22-23,33,35-36H,5,14-17,20-21H2,1-3H3. The molecule has 6 nitrogen and oxygen atoms in total. The molecule has 0 spiro atoms. The van der Waals surface area contributed by atoms with Crippen molar-refractivity contribution in [2.75, 3.05) is 32.9 Å². The first kappa shape index (κ1) is 27.1. The van der Waals surface area contributed by atoms with Crippen molar-refractivity contribution in [2.45, 2.75) is 45.8 Å².